The molecule has 8 heteroatoms. The summed E-state index contributed by atoms with van der Waals surface area (Å²) in [4.78, 5) is 14.1. The number of ether oxygens (including phenoxy) is 1. The van der Waals surface area contributed by atoms with Crippen LogP contribution in [-0.4, -0.2) is 58.7 Å². The number of halogens is 1. The van der Waals surface area contributed by atoms with Crippen LogP contribution >= 0.6 is 0 Å². The zero-order valence-electron chi connectivity index (χ0n) is 13.8. The highest BCUT2D eigenvalue weighted by atomic mass is 19.1. The summed E-state index contributed by atoms with van der Waals surface area (Å²) in [7, 11) is 0. The molecule has 1 unspecified atom stereocenters. The third-order valence-electron chi connectivity index (χ3n) is 4.06. The lowest BCUT2D eigenvalue weighted by Gasteiger charge is -2.23. The Labute approximate surface area is 145 Å². The number of amides is 2. The van der Waals surface area contributed by atoms with Crippen LogP contribution in [0, 0.1) is 11.7 Å². The number of nitrogens with zero attached hydrogens (tertiary/aromatic N) is 3. The van der Waals surface area contributed by atoms with E-state index < -0.39 is 0 Å². The minimum atomic E-state index is -0.310. The Morgan fingerprint density at radius 2 is 2.32 bits per heavy atom. The maximum atomic E-state index is 13.3. The molecule has 2 N–H and O–H groups in total. The molecule has 0 bridgehead atoms. The SMILES string of the molecule is O=C(Nc1ccnn1Cc1cccc(F)c1)N1CCOCC(CO)C1. The number of anilines is 1. The van der Waals surface area contributed by atoms with Gasteiger partial charge in [0.2, 0.25) is 0 Å². The van der Waals surface area contributed by atoms with Crippen LogP contribution in [0.5, 0.6) is 0 Å². The number of urea groups is 1. The van der Waals surface area contributed by atoms with Gasteiger partial charge in [-0.3, -0.25) is 5.32 Å². The number of aliphatic hydroxyl groups is 1. The van der Waals surface area contributed by atoms with Gasteiger partial charge in [-0.15, -0.1) is 0 Å². The van der Waals surface area contributed by atoms with Crippen molar-refractivity contribution < 1.29 is 19.0 Å². The molecular weight excluding hydrogens is 327 g/mol. The maximum absolute atomic E-state index is 13.3. The molecule has 1 aromatic carbocycles. The lowest BCUT2D eigenvalue weighted by Crippen LogP contribution is -2.40. The molecule has 134 valence electrons. The first-order chi connectivity index (χ1) is 12.2. The topological polar surface area (TPSA) is 79.6 Å². The second-order valence-corrected chi connectivity index (χ2v) is 6.00. The van der Waals surface area contributed by atoms with Gasteiger partial charge >= 0.3 is 6.03 Å². The Morgan fingerprint density at radius 1 is 1.44 bits per heavy atom. The Kier molecular flexibility index (Phi) is 5.62. The molecule has 2 amide bonds. The van der Waals surface area contributed by atoms with Crippen molar-refractivity contribution in [2.75, 3.05) is 38.2 Å². The molecule has 1 fully saturated rings. The standard InChI is InChI=1S/C17H21FN4O3/c18-15-3-1-2-13(8-15)10-22-16(4-5-19-22)20-17(24)21-6-7-25-12-14(9-21)11-23/h1-5,8,14,23H,6-7,9-12H2,(H,20,24). The third kappa shape index (κ3) is 4.55. The highest BCUT2D eigenvalue weighted by Crippen LogP contribution is 2.13. The van der Waals surface area contributed by atoms with Crippen molar-refractivity contribution in [1.29, 1.82) is 0 Å². The van der Waals surface area contributed by atoms with Crippen molar-refractivity contribution in [2.24, 2.45) is 5.92 Å². The van der Waals surface area contributed by atoms with E-state index in [0.29, 0.717) is 38.7 Å². The summed E-state index contributed by atoms with van der Waals surface area (Å²) in [5.41, 5.74) is 0.753. The van der Waals surface area contributed by atoms with Crippen molar-refractivity contribution in [2.45, 2.75) is 6.54 Å². The number of aliphatic hydroxyl groups excluding tert-OH is 1. The van der Waals surface area contributed by atoms with E-state index in [1.165, 1.54) is 12.1 Å². The monoisotopic (exact) mass is 348 g/mol. The lowest BCUT2D eigenvalue weighted by molar-refractivity contribution is 0.0958. The normalized spacial score (nSPS) is 18.0. The van der Waals surface area contributed by atoms with Crippen molar-refractivity contribution in [3.63, 3.8) is 0 Å². The summed E-state index contributed by atoms with van der Waals surface area (Å²) >= 11 is 0. The van der Waals surface area contributed by atoms with E-state index in [9.17, 15) is 14.3 Å². The smallest absolute Gasteiger partial charge is 0.323 e. The zero-order valence-corrected chi connectivity index (χ0v) is 13.8. The molecule has 7 nitrogen and oxygen atoms in total. The van der Waals surface area contributed by atoms with E-state index in [0.717, 1.165) is 5.56 Å². The predicted octanol–water partition coefficient (Wildman–Crippen LogP) is 1.54. The minimum absolute atomic E-state index is 0.0265. The number of hydrogen-bond donors (Lipinski definition) is 2. The van der Waals surface area contributed by atoms with Gasteiger partial charge in [-0.2, -0.15) is 5.10 Å². The number of carbonyl (C=O) groups is 1. The Bertz CT molecular complexity index is 721. The number of nitrogens with one attached hydrogen (secondary N) is 1. The number of hydrogen-bond acceptors (Lipinski definition) is 4. The summed E-state index contributed by atoms with van der Waals surface area (Å²) in [5, 5.41) is 16.3. The summed E-state index contributed by atoms with van der Waals surface area (Å²) in [6.45, 7) is 2.09. The van der Waals surface area contributed by atoms with Gasteiger partial charge in [0.25, 0.3) is 0 Å². The van der Waals surface area contributed by atoms with Crippen LogP contribution in [-0.2, 0) is 11.3 Å². The van der Waals surface area contributed by atoms with Crippen LogP contribution in [0.25, 0.3) is 0 Å². The summed E-state index contributed by atoms with van der Waals surface area (Å²) < 4.78 is 20.3. The summed E-state index contributed by atoms with van der Waals surface area (Å²) in [5.74, 6) is 0.125. The third-order valence-corrected chi connectivity index (χ3v) is 4.06. The predicted molar refractivity (Wildman–Crippen MR) is 89.7 cm³/mol. The average Bonchev–Trinajstić information content (AvgIpc) is 2.88. The molecule has 1 saturated heterocycles. The second-order valence-electron chi connectivity index (χ2n) is 6.00. The molecule has 1 atom stereocenters. The molecule has 25 heavy (non-hydrogen) atoms. The van der Waals surface area contributed by atoms with Crippen molar-refractivity contribution in [3.05, 3.63) is 47.9 Å². The van der Waals surface area contributed by atoms with Gasteiger partial charge in [0.1, 0.15) is 11.6 Å². The molecule has 0 aliphatic carbocycles. The molecule has 3 rings (SSSR count). The molecule has 1 aliphatic heterocycles. The molecule has 1 aliphatic rings. The van der Waals surface area contributed by atoms with Crippen LogP contribution in [0.15, 0.2) is 36.5 Å². The number of aromatic nitrogens is 2. The minimum Gasteiger partial charge on any atom is -0.396 e. The zero-order chi connectivity index (χ0) is 17.6. The molecule has 0 spiro atoms. The Morgan fingerprint density at radius 3 is 3.12 bits per heavy atom. The number of carbonyl (C=O) groups excluding carboxylic acids is 1. The van der Waals surface area contributed by atoms with E-state index in [4.69, 9.17) is 4.74 Å². The van der Waals surface area contributed by atoms with Gasteiger partial charge in [0.05, 0.1) is 26.0 Å². The van der Waals surface area contributed by atoms with Gasteiger partial charge in [-0.1, -0.05) is 12.1 Å². The summed E-state index contributed by atoms with van der Waals surface area (Å²) in [6.07, 6.45) is 1.58. The van der Waals surface area contributed by atoms with Crippen LogP contribution in [0.1, 0.15) is 5.56 Å². The Balaban J connectivity index is 1.67. The molecule has 1 aromatic heterocycles. The first-order valence-electron chi connectivity index (χ1n) is 8.16. The van der Waals surface area contributed by atoms with Gasteiger partial charge in [0.15, 0.2) is 0 Å². The van der Waals surface area contributed by atoms with E-state index in [2.05, 4.69) is 10.4 Å². The number of benzene rings is 1. The highest BCUT2D eigenvalue weighted by Gasteiger charge is 2.22. The molecular formula is C17H21FN4O3. The van der Waals surface area contributed by atoms with E-state index in [1.807, 2.05) is 0 Å². The molecule has 0 radical (unpaired) electrons. The largest absolute Gasteiger partial charge is 0.396 e. The highest BCUT2D eigenvalue weighted by molar-refractivity contribution is 5.88. The number of rotatable bonds is 4. The van der Waals surface area contributed by atoms with Crippen LogP contribution in [0.4, 0.5) is 15.0 Å². The first kappa shape index (κ1) is 17.4. The van der Waals surface area contributed by atoms with Gasteiger partial charge in [-0.25, -0.2) is 13.9 Å². The van der Waals surface area contributed by atoms with Crippen molar-refractivity contribution in [3.8, 4) is 0 Å². The van der Waals surface area contributed by atoms with E-state index in [1.54, 1.807) is 34.0 Å². The quantitative estimate of drug-likeness (QED) is 0.878. The lowest BCUT2D eigenvalue weighted by atomic mass is 10.2. The van der Waals surface area contributed by atoms with Gasteiger partial charge < -0.3 is 14.7 Å². The fourth-order valence-electron chi connectivity index (χ4n) is 2.74. The second kappa shape index (κ2) is 8.09. The van der Waals surface area contributed by atoms with Crippen LogP contribution in [0.3, 0.4) is 0 Å². The van der Waals surface area contributed by atoms with Gasteiger partial charge in [0, 0.05) is 31.7 Å². The van der Waals surface area contributed by atoms with Crippen LogP contribution in [0.2, 0.25) is 0 Å². The fourth-order valence-corrected chi connectivity index (χ4v) is 2.74. The maximum Gasteiger partial charge on any atom is 0.323 e. The Hall–Kier alpha value is -2.45. The van der Waals surface area contributed by atoms with Crippen molar-refractivity contribution >= 4 is 11.8 Å². The van der Waals surface area contributed by atoms with Gasteiger partial charge in [-0.05, 0) is 17.7 Å². The van der Waals surface area contributed by atoms with Crippen LogP contribution < -0.4 is 5.32 Å². The fraction of sp³-hybridized carbons (Fsp3) is 0.412. The van der Waals surface area contributed by atoms with E-state index in [-0.39, 0.29) is 24.4 Å². The molecule has 2 aromatic rings. The molecule has 2 heterocycles. The van der Waals surface area contributed by atoms with E-state index >= 15 is 0 Å². The average molecular weight is 348 g/mol. The first-order valence-corrected chi connectivity index (χ1v) is 8.16. The summed E-state index contributed by atoms with van der Waals surface area (Å²) in [6, 6.07) is 7.67. The molecule has 0 saturated carbocycles. The van der Waals surface area contributed by atoms with Crippen molar-refractivity contribution in [1.82, 2.24) is 14.7 Å².